The monoisotopic (exact) mass is 274 g/mol. The molecular formula is C17H26N2O. The number of nitrogens with zero attached hydrogens (tertiary/aromatic N) is 1. The summed E-state index contributed by atoms with van der Waals surface area (Å²) in [7, 11) is 0. The minimum absolute atomic E-state index is 0.0294. The fraction of sp³-hybridized carbons (Fsp3) is 0.588. The maximum atomic E-state index is 11.7. The fourth-order valence-electron chi connectivity index (χ4n) is 2.71. The highest BCUT2D eigenvalue weighted by atomic mass is 16.2. The molecule has 3 nitrogen and oxygen atoms in total. The van der Waals surface area contributed by atoms with E-state index in [0.29, 0.717) is 0 Å². The SMILES string of the molecule is CCCCCCCCc1cccc(N2CCNC2=O)c1. The number of amides is 2. The first-order valence-electron chi connectivity index (χ1n) is 7.95. The molecule has 2 rings (SSSR count). The van der Waals surface area contributed by atoms with Crippen LogP contribution in [-0.2, 0) is 6.42 Å². The number of benzene rings is 1. The summed E-state index contributed by atoms with van der Waals surface area (Å²) in [6, 6.07) is 8.45. The van der Waals surface area contributed by atoms with E-state index in [9.17, 15) is 4.79 Å². The molecule has 0 spiro atoms. The molecule has 1 aromatic rings. The lowest BCUT2D eigenvalue weighted by Crippen LogP contribution is -2.27. The van der Waals surface area contributed by atoms with E-state index >= 15 is 0 Å². The summed E-state index contributed by atoms with van der Waals surface area (Å²) in [6.45, 7) is 3.78. The molecule has 0 saturated carbocycles. The molecule has 1 saturated heterocycles. The van der Waals surface area contributed by atoms with Crippen LogP contribution in [-0.4, -0.2) is 19.1 Å². The van der Waals surface area contributed by atoms with Crippen LogP contribution in [0.1, 0.15) is 51.0 Å². The van der Waals surface area contributed by atoms with Crippen LogP contribution in [0.25, 0.3) is 0 Å². The van der Waals surface area contributed by atoms with Gasteiger partial charge in [-0.2, -0.15) is 0 Å². The molecule has 0 unspecified atom stereocenters. The third-order valence-electron chi connectivity index (χ3n) is 3.90. The maximum absolute atomic E-state index is 11.7. The fourth-order valence-corrected chi connectivity index (χ4v) is 2.71. The van der Waals surface area contributed by atoms with Crippen molar-refractivity contribution in [1.29, 1.82) is 0 Å². The average molecular weight is 274 g/mol. The van der Waals surface area contributed by atoms with Gasteiger partial charge in [-0.25, -0.2) is 4.79 Å². The highest BCUT2D eigenvalue weighted by molar-refractivity contribution is 5.94. The Balaban J connectivity index is 1.79. The number of rotatable bonds is 8. The third-order valence-corrected chi connectivity index (χ3v) is 3.90. The van der Waals surface area contributed by atoms with Crippen LogP contribution in [0.3, 0.4) is 0 Å². The van der Waals surface area contributed by atoms with E-state index in [1.54, 1.807) is 0 Å². The summed E-state index contributed by atoms with van der Waals surface area (Å²) < 4.78 is 0. The third kappa shape index (κ3) is 4.26. The van der Waals surface area contributed by atoms with Gasteiger partial charge in [-0.3, -0.25) is 4.90 Å². The molecule has 0 bridgehead atoms. The zero-order valence-corrected chi connectivity index (χ0v) is 12.5. The average Bonchev–Trinajstić information content (AvgIpc) is 2.89. The Hall–Kier alpha value is -1.51. The van der Waals surface area contributed by atoms with E-state index in [2.05, 4.69) is 30.4 Å². The van der Waals surface area contributed by atoms with Crippen molar-refractivity contribution >= 4 is 11.7 Å². The van der Waals surface area contributed by atoms with Crippen LogP contribution in [0.5, 0.6) is 0 Å². The summed E-state index contributed by atoms with van der Waals surface area (Å²) in [5.41, 5.74) is 2.38. The van der Waals surface area contributed by atoms with Gasteiger partial charge in [0.15, 0.2) is 0 Å². The molecule has 0 aliphatic carbocycles. The van der Waals surface area contributed by atoms with Crippen LogP contribution in [0.4, 0.5) is 10.5 Å². The molecule has 2 amide bonds. The van der Waals surface area contributed by atoms with E-state index in [-0.39, 0.29) is 6.03 Å². The van der Waals surface area contributed by atoms with E-state index < -0.39 is 0 Å². The van der Waals surface area contributed by atoms with Gasteiger partial charge >= 0.3 is 6.03 Å². The van der Waals surface area contributed by atoms with Crippen molar-refractivity contribution < 1.29 is 4.79 Å². The van der Waals surface area contributed by atoms with Gasteiger partial charge in [0, 0.05) is 18.8 Å². The van der Waals surface area contributed by atoms with Crippen LogP contribution < -0.4 is 10.2 Å². The predicted octanol–water partition coefficient (Wildman–Crippen LogP) is 4.12. The van der Waals surface area contributed by atoms with Gasteiger partial charge in [-0.05, 0) is 30.5 Å². The van der Waals surface area contributed by atoms with Crippen LogP contribution in [0.15, 0.2) is 24.3 Å². The van der Waals surface area contributed by atoms with E-state index in [4.69, 9.17) is 0 Å². The Morgan fingerprint density at radius 3 is 2.70 bits per heavy atom. The van der Waals surface area contributed by atoms with Gasteiger partial charge in [0.2, 0.25) is 0 Å². The summed E-state index contributed by atoms with van der Waals surface area (Å²) >= 11 is 0. The van der Waals surface area contributed by atoms with Crippen molar-refractivity contribution in [1.82, 2.24) is 5.32 Å². The second-order valence-corrected chi connectivity index (χ2v) is 5.57. The number of urea groups is 1. The second kappa shape index (κ2) is 7.93. The minimum Gasteiger partial charge on any atom is -0.336 e. The molecular weight excluding hydrogens is 248 g/mol. The van der Waals surface area contributed by atoms with Crippen molar-refractivity contribution in [3.05, 3.63) is 29.8 Å². The highest BCUT2D eigenvalue weighted by Crippen LogP contribution is 2.19. The standard InChI is InChI=1S/C17H26N2O/c1-2-3-4-5-6-7-9-15-10-8-11-16(14-15)19-13-12-18-17(19)20/h8,10-11,14H,2-7,9,12-13H2,1H3,(H,18,20). The number of nitrogens with one attached hydrogen (secondary N) is 1. The summed E-state index contributed by atoms with van der Waals surface area (Å²) in [5.74, 6) is 0. The minimum atomic E-state index is 0.0294. The molecule has 0 radical (unpaired) electrons. The lowest BCUT2D eigenvalue weighted by Gasteiger charge is -2.15. The largest absolute Gasteiger partial charge is 0.336 e. The Morgan fingerprint density at radius 1 is 1.15 bits per heavy atom. The van der Waals surface area contributed by atoms with Crippen molar-refractivity contribution in [2.45, 2.75) is 51.9 Å². The second-order valence-electron chi connectivity index (χ2n) is 5.57. The number of unbranched alkanes of at least 4 members (excludes halogenated alkanes) is 5. The number of carbonyl (C=O) groups excluding carboxylic acids is 1. The number of aryl methyl sites for hydroxylation is 1. The van der Waals surface area contributed by atoms with Crippen molar-refractivity contribution in [2.75, 3.05) is 18.0 Å². The van der Waals surface area contributed by atoms with Crippen molar-refractivity contribution in [2.24, 2.45) is 0 Å². The number of carbonyl (C=O) groups is 1. The molecule has 20 heavy (non-hydrogen) atoms. The van der Waals surface area contributed by atoms with Gasteiger partial charge in [-0.15, -0.1) is 0 Å². The molecule has 1 aliphatic rings. The van der Waals surface area contributed by atoms with Crippen LogP contribution in [0.2, 0.25) is 0 Å². The summed E-state index contributed by atoms with van der Waals surface area (Å²) in [6.07, 6.45) is 9.06. The molecule has 0 aromatic heterocycles. The first-order chi connectivity index (χ1) is 9.81. The number of hydrogen-bond acceptors (Lipinski definition) is 1. The molecule has 1 aliphatic heterocycles. The molecule has 110 valence electrons. The van der Waals surface area contributed by atoms with Gasteiger partial charge in [0.05, 0.1) is 0 Å². The quantitative estimate of drug-likeness (QED) is 0.711. The lowest BCUT2D eigenvalue weighted by molar-refractivity contribution is 0.252. The van der Waals surface area contributed by atoms with E-state index in [0.717, 1.165) is 25.2 Å². The molecule has 1 heterocycles. The smallest absolute Gasteiger partial charge is 0.321 e. The number of anilines is 1. The molecule has 1 fully saturated rings. The van der Waals surface area contributed by atoms with Crippen molar-refractivity contribution in [3.8, 4) is 0 Å². The van der Waals surface area contributed by atoms with Gasteiger partial charge in [0.1, 0.15) is 0 Å². The first-order valence-corrected chi connectivity index (χ1v) is 7.95. The highest BCUT2D eigenvalue weighted by Gasteiger charge is 2.20. The zero-order chi connectivity index (χ0) is 14.2. The Kier molecular flexibility index (Phi) is 5.90. The van der Waals surface area contributed by atoms with Crippen LogP contribution >= 0.6 is 0 Å². The first kappa shape index (κ1) is 14.9. The van der Waals surface area contributed by atoms with Crippen LogP contribution in [0, 0.1) is 0 Å². The molecule has 1 N–H and O–H groups in total. The lowest BCUT2D eigenvalue weighted by atomic mass is 10.0. The van der Waals surface area contributed by atoms with Crippen molar-refractivity contribution in [3.63, 3.8) is 0 Å². The molecule has 0 atom stereocenters. The molecule has 1 aromatic carbocycles. The Morgan fingerprint density at radius 2 is 1.95 bits per heavy atom. The Bertz CT molecular complexity index is 431. The number of hydrogen-bond donors (Lipinski definition) is 1. The normalized spacial score (nSPS) is 14.7. The topological polar surface area (TPSA) is 32.3 Å². The summed E-state index contributed by atoms with van der Waals surface area (Å²) in [4.78, 5) is 13.5. The zero-order valence-electron chi connectivity index (χ0n) is 12.5. The molecule has 3 heteroatoms. The van der Waals surface area contributed by atoms with Gasteiger partial charge in [0.25, 0.3) is 0 Å². The summed E-state index contributed by atoms with van der Waals surface area (Å²) in [5, 5.41) is 2.85. The maximum Gasteiger partial charge on any atom is 0.321 e. The Labute approximate surface area is 122 Å². The predicted molar refractivity (Wildman–Crippen MR) is 84.3 cm³/mol. The van der Waals surface area contributed by atoms with E-state index in [1.165, 1.54) is 44.1 Å². The van der Waals surface area contributed by atoms with Gasteiger partial charge in [-0.1, -0.05) is 51.2 Å². The van der Waals surface area contributed by atoms with Gasteiger partial charge < -0.3 is 5.32 Å². The van der Waals surface area contributed by atoms with E-state index in [1.807, 2.05) is 11.0 Å².